The first-order valence-corrected chi connectivity index (χ1v) is 6.43. The number of para-hydroxylation sites is 1. The van der Waals surface area contributed by atoms with E-state index in [1.807, 2.05) is 24.3 Å². The van der Waals surface area contributed by atoms with Crippen molar-refractivity contribution < 1.29 is 4.74 Å². The van der Waals surface area contributed by atoms with Crippen LogP contribution in [0.1, 0.15) is 20.3 Å². The van der Waals surface area contributed by atoms with Crippen LogP contribution in [-0.4, -0.2) is 32.1 Å². The summed E-state index contributed by atoms with van der Waals surface area (Å²) in [6.07, 6.45) is 1.04. The lowest BCUT2D eigenvalue weighted by molar-refractivity contribution is 0.315. The topological polar surface area (TPSA) is 12.5 Å². The predicted molar refractivity (Wildman–Crippen MR) is 74.2 cm³/mol. The van der Waals surface area contributed by atoms with E-state index in [2.05, 4.69) is 48.8 Å². The van der Waals surface area contributed by atoms with Crippen LogP contribution in [0.3, 0.4) is 0 Å². The van der Waals surface area contributed by atoms with E-state index in [4.69, 9.17) is 4.74 Å². The van der Waals surface area contributed by atoms with E-state index < -0.39 is 0 Å². The smallest absolute Gasteiger partial charge is 0.133 e. The number of benzene rings is 1. The predicted octanol–water partition coefficient (Wildman–Crippen LogP) is 3.81. The van der Waals surface area contributed by atoms with Crippen LogP contribution in [0.5, 0.6) is 5.75 Å². The van der Waals surface area contributed by atoms with Crippen molar-refractivity contribution in [1.82, 2.24) is 4.90 Å². The van der Waals surface area contributed by atoms with Gasteiger partial charge in [0, 0.05) is 0 Å². The SMILES string of the molecule is CCCOc1ccccc1Br.CCN(C)C. The average Bonchev–Trinajstić information content (AvgIpc) is 2.29. The minimum absolute atomic E-state index is 0.780. The van der Waals surface area contributed by atoms with Crippen molar-refractivity contribution in [3.05, 3.63) is 28.7 Å². The fourth-order valence-corrected chi connectivity index (χ4v) is 1.17. The molecule has 0 spiro atoms. The van der Waals surface area contributed by atoms with E-state index in [0.29, 0.717) is 0 Å². The molecule has 0 saturated heterocycles. The molecule has 16 heavy (non-hydrogen) atoms. The highest BCUT2D eigenvalue weighted by atomic mass is 79.9. The summed E-state index contributed by atoms with van der Waals surface area (Å²) in [6, 6.07) is 7.88. The van der Waals surface area contributed by atoms with Gasteiger partial charge < -0.3 is 9.64 Å². The Morgan fingerprint density at radius 2 is 1.75 bits per heavy atom. The van der Waals surface area contributed by atoms with Gasteiger partial charge in [0.05, 0.1) is 11.1 Å². The zero-order chi connectivity index (χ0) is 12.4. The first-order valence-electron chi connectivity index (χ1n) is 5.63. The van der Waals surface area contributed by atoms with Crippen molar-refractivity contribution in [2.75, 3.05) is 27.2 Å². The van der Waals surface area contributed by atoms with Gasteiger partial charge in [-0.2, -0.15) is 0 Å². The third kappa shape index (κ3) is 7.71. The molecule has 0 heterocycles. The molecule has 0 fully saturated rings. The number of hydrogen-bond donors (Lipinski definition) is 0. The molecule has 0 radical (unpaired) electrons. The van der Waals surface area contributed by atoms with Crippen LogP contribution in [0.4, 0.5) is 0 Å². The van der Waals surface area contributed by atoms with Gasteiger partial charge in [0.25, 0.3) is 0 Å². The molecule has 0 amide bonds. The summed E-state index contributed by atoms with van der Waals surface area (Å²) in [7, 11) is 4.11. The summed E-state index contributed by atoms with van der Waals surface area (Å²) in [5.41, 5.74) is 0. The van der Waals surface area contributed by atoms with Gasteiger partial charge in [0.2, 0.25) is 0 Å². The Balaban J connectivity index is 0.000000385. The van der Waals surface area contributed by atoms with Crippen molar-refractivity contribution in [2.24, 2.45) is 0 Å². The fourth-order valence-electron chi connectivity index (χ4n) is 0.774. The highest BCUT2D eigenvalue weighted by molar-refractivity contribution is 9.10. The summed E-state index contributed by atoms with van der Waals surface area (Å²) in [4.78, 5) is 2.12. The van der Waals surface area contributed by atoms with E-state index in [0.717, 1.165) is 29.8 Å². The average molecular weight is 288 g/mol. The molecule has 0 saturated carbocycles. The van der Waals surface area contributed by atoms with Gasteiger partial charge in [-0.15, -0.1) is 0 Å². The van der Waals surface area contributed by atoms with Crippen molar-refractivity contribution in [3.63, 3.8) is 0 Å². The first kappa shape index (κ1) is 15.5. The second-order valence-corrected chi connectivity index (χ2v) is 4.53. The summed E-state index contributed by atoms with van der Waals surface area (Å²) in [6.45, 7) is 6.14. The van der Waals surface area contributed by atoms with Crippen LogP contribution in [-0.2, 0) is 0 Å². The van der Waals surface area contributed by atoms with E-state index in [9.17, 15) is 0 Å². The zero-order valence-corrected chi connectivity index (χ0v) is 12.3. The molecular weight excluding hydrogens is 266 g/mol. The molecule has 0 aliphatic carbocycles. The minimum Gasteiger partial charge on any atom is -0.492 e. The van der Waals surface area contributed by atoms with E-state index in [-0.39, 0.29) is 0 Å². The molecule has 92 valence electrons. The van der Waals surface area contributed by atoms with E-state index in [1.54, 1.807) is 0 Å². The third-order valence-corrected chi connectivity index (χ3v) is 2.59. The largest absolute Gasteiger partial charge is 0.492 e. The first-order chi connectivity index (χ1) is 7.61. The van der Waals surface area contributed by atoms with Gasteiger partial charge in [0.1, 0.15) is 5.75 Å². The van der Waals surface area contributed by atoms with E-state index >= 15 is 0 Å². The summed E-state index contributed by atoms with van der Waals surface area (Å²) >= 11 is 3.40. The highest BCUT2D eigenvalue weighted by Gasteiger charge is 1.96. The molecule has 1 aromatic rings. The maximum absolute atomic E-state index is 5.44. The van der Waals surface area contributed by atoms with Crippen LogP contribution < -0.4 is 4.74 Å². The Morgan fingerprint density at radius 3 is 2.19 bits per heavy atom. The molecule has 0 aromatic heterocycles. The maximum atomic E-state index is 5.44. The Morgan fingerprint density at radius 1 is 1.19 bits per heavy atom. The van der Waals surface area contributed by atoms with Crippen LogP contribution in [0, 0.1) is 0 Å². The number of ether oxygens (including phenoxy) is 1. The molecule has 2 nitrogen and oxygen atoms in total. The molecule has 1 rings (SSSR count). The van der Waals surface area contributed by atoms with E-state index in [1.165, 1.54) is 0 Å². The van der Waals surface area contributed by atoms with Crippen LogP contribution >= 0.6 is 15.9 Å². The van der Waals surface area contributed by atoms with Crippen molar-refractivity contribution in [2.45, 2.75) is 20.3 Å². The lowest BCUT2D eigenvalue weighted by atomic mass is 10.3. The zero-order valence-electron chi connectivity index (χ0n) is 10.7. The van der Waals surface area contributed by atoms with Crippen LogP contribution in [0.25, 0.3) is 0 Å². The molecule has 0 unspecified atom stereocenters. The van der Waals surface area contributed by atoms with Crippen molar-refractivity contribution in [1.29, 1.82) is 0 Å². The summed E-state index contributed by atoms with van der Waals surface area (Å²) < 4.78 is 6.46. The van der Waals surface area contributed by atoms with Gasteiger partial charge >= 0.3 is 0 Å². The Bertz CT molecular complexity index is 276. The molecule has 3 heteroatoms. The maximum Gasteiger partial charge on any atom is 0.133 e. The molecule has 0 bridgehead atoms. The van der Waals surface area contributed by atoms with Gasteiger partial charge in [0.15, 0.2) is 0 Å². The number of nitrogens with zero attached hydrogens (tertiary/aromatic N) is 1. The lowest BCUT2D eigenvalue weighted by Crippen LogP contribution is -2.08. The third-order valence-electron chi connectivity index (χ3n) is 1.93. The Kier molecular flexibility index (Phi) is 9.34. The second-order valence-electron chi connectivity index (χ2n) is 3.67. The molecule has 0 aliphatic heterocycles. The van der Waals surface area contributed by atoms with Gasteiger partial charge in [-0.3, -0.25) is 0 Å². The number of halogens is 1. The van der Waals surface area contributed by atoms with Gasteiger partial charge in [-0.1, -0.05) is 26.0 Å². The fraction of sp³-hybridized carbons (Fsp3) is 0.538. The minimum atomic E-state index is 0.780. The monoisotopic (exact) mass is 287 g/mol. The molecular formula is C13H22BrNO. The normalized spacial score (nSPS) is 9.62. The van der Waals surface area contributed by atoms with Crippen LogP contribution in [0.2, 0.25) is 0 Å². The number of rotatable bonds is 4. The van der Waals surface area contributed by atoms with Crippen LogP contribution in [0.15, 0.2) is 28.7 Å². The van der Waals surface area contributed by atoms with Gasteiger partial charge in [-0.25, -0.2) is 0 Å². The standard InChI is InChI=1S/C9H11BrO.C4H11N/c1-2-7-11-9-6-4-3-5-8(9)10;1-4-5(2)3/h3-6H,2,7H2,1H3;4H2,1-3H3. The Labute approximate surface area is 108 Å². The van der Waals surface area contributed by atoms with Crippen molar-refractivity contribution >= 4 is 15.9 Å². The summed E-state index contributed by atoms with van der Waals surface area (Å²) in [5.74, 6) is 0.925. The summed E-state index contributed by atoms with van der Waals surface area (Å²) in [5, 5.41) is 0. The highest BCUT2D eigenvalue weighted by Crippen LogP contribution is 2.23. The molecule has 0 atom stereocenters. The van der Waals surface area contributed by atoms with Gasteiger partial charge in [-0.05, 0) is 55.1 Å². The lowest BCUT2D eigenvalue weighted by Gasteiger charge is -2.05. The Hall–Kier alpha value is -0.540. The molecule has 1 aromatic carbocycles. The molecule has 0 aliphatic rings. The number of hydrogen-bond acceptors (Lipinski definition) is 2. The quantitative estimate of drug-likeness (QED) is 0.835. The van der Waals surface area contributed by atoms with Crippen molar-refractivity contribution in [3.8, 4) is 5.75 Å². The second kappa shape index (κ2) is 9.67. The molecule has 0 N–H and O–H groups in total.